The first-order valence-electron chi connectivity index (χ1n) is 10.9. The van der Waals surface area contributed by atoms with Crippen molar-refractivity contribution in [2.45, 2.75) is 0 Å². The molecule has 0 amide bonds. The Morgan fingerprint density at radius 3 is 2.06 bits per heavy atom. The molecule has 2 heterocycles. The van der Waals surface area contributed by atoms with E-state index >= 15 is 0 Å². The van der Waals surface area contributed by atoms with E-state index in [1.807, 2.05) is 0 Å². The number of nitro benzene ring substituents is 1. The van der Waals surface area contributed by atoms with Crippen LogP contribution in [0, 0.1) is 15.5 Å². The standard InChI is InChI=1S/C26H14N4O6/c1-28-23(31)11-6-4-10-20-16(30(35)36)8-14-18-12(24(32)29(2)26(14)34)5-3-9(22(18)20)19-15(27)7-13(25(28)33)17(11)21(10)19/h3-8,27,34H,1-2H3. The lowest BCUT2D eigenvalue weighted by Crippen LogP contribution is -2.33. The van der Waals surface area contributed by atoms with Gasteiger partial charge in [-0.05, 0) is 29.0 Å². The molecule has 1 aliphatic heterocycles. The van der Waals surface area contributed by atoms with E-state index in [1.54, 1.807) is 18.2 Å². The number of hydrogen-bond acceptors (Lipinski definition) is 7. The molecule has 0 saturated heterocycles. The molecule has 36 heavy (non-hydrogen) atoms. The molecule has 0 atom stereocenters. The number of nitro groups is 1. The fourth-order valence-corrected chi connectivity index (χ4v) is 5.84. The Hall–Kier alpha value is -5.12. The average molecular weight is 478 g/mol. The first-order valence-corrected chi connectivity index (χ1v) is 10.9. The van der Waals surface area contributed by atoms with Gasteiger partial charge in [-0.2, -0.15) is 0 Å². The van der Waals surface area contributed by atoms with Gasteiger partial charge in [-0.25, -0.2) is 0 Å². The van der Waals surface area contributed by atoms with E-state index in [4.69, 9.17) is 5.41 Å². The van der Waals surface area contributed by atoms with Crippen molar-refractivity contribution in [2.24, 2.45) is 14.1 Å². The number of rotatable bonds is 1. The van der Waals surface area contributed by atoms with Crippen LogP contribution in [-0.2, 0) is 14.1 Å². The van der Waals surface area contributed by atoms with E-state index in [0.717, 1.165) is 9.13 Å². The highest BCUT2D eigenvalue weighted by Crippen LogP contribution is 2.48. The number of hydrogen-bond donors (Lipinski definition) is 2. The number of nitrogens with zero attached hydrogens (tertiary/aromatic N) is 3. The maximum atomic E-state index is 13.0. The smallest absolute Gasteiger partial charge is 0.278 e. The van der Waals surface area contributed by atoms with Gasteiger partial charge in [0.15, 0.2) is 0 Å². The Morgan fingerprint density at radius 2 is 1.36 bits per heavy atom. The zero-order chi connectivity index (χ0) is 25.4. The molecule has 0 saturated carbocycles. The van der Waals surface area contributed by atoms with Gasteiger partial charge in [0.05, 0.1) is 26.6 Å². The molecule has 1 aliphatic carbocycles. The van der Waals surface area contributed by atoms with E-state index < -0.39 is 27.5 Å². The van der Waals surface area contributed by atoms with Gasteiger partial charge < -0.3 is 10.5 Å². The number of non-ortho nitro benzene ring substituents is 1. The van der Waals surface area contributed by atoms with Gasteiger partial charge in [0.1, 0.15) is 0 Å². The molecule has 2 aliphatic rings. The normalized spacial score (nSPS) is 12.4. The van der Waals surface area contributed by atoms with E-state index in [0.29, 0.717) is 37.9 Å². The van der Waals surface area contributed by atoms with E-state index in [9.17, 15) is 29.6 Å². The van der Waals surface area contributed by atoms with Crippen LogP contribution in [0.2, 0.25) is 0 Å². The molecule has 7 rings (SSSR count). The first kappa shape index (κ1) is 20.3. The maximum absolute atomic E-state index is 13.0. The molecule has 10 nitrogen and oxygen atoms in total. The van der Waals surface area contributed by atoms with Gasteiger partial charge in [-0.15, -0.1) is 0 Å². The second-order valence-corrected chi connectivity index (χ2v) is 9.10. The molecule has 0 unspecified atom stereocenters. The Labute approximate surface area is 198 Å². The van der Waals surface area contributed by atoms with Crippen molar-refractivity contribution in [1.29, 1.82) is 5.41 Å². The Bertz CT molecular complexity index is 2350. The second kappa shape index (κ2) is 6.11. The summed E-state index contributed by atoms with van der Waals surface area (Å²) < 4.78 is 2.03. The number of aromatic hydroxyl groups is 1. The molecule has 2 N–H and O–H groups in total. The third kappa shape index (κ3) is 2.04. The molecule has 0 radical (unpaired) electrons. The topological polar surface area (TPSA) is 148 Å². The van der Waals surface area contributed by atoms with E-state index in [2.05, 4.69) is 0 Å². The summed E-state index contributed by atoms with van der Waals surface area (Å²) in [6.45, 7) is 0. The average Bonchev–Trinajstić information content (AvgIpc) is 2.87. The van der Waals surface area contributed by atoms with Gasteiger partial charge in [0, 0.05) is 58.0 Å². The minimum absolute atomic E-state index is 0.00783. The number of nitrogens with one attached hydrogen (secondary N) is 1. The van der Waals surface area contributed by atoms with Crippen molar-refractivity contribution in [3.8, 4) is 17.0 Å². The number of aromatic nitrogens is 2. The van der Waals surface area contributed by atoms with E-state index in [-0.39, 0.29) is 38.2 Å². The Morgan fingerprint density at radius 1 is 0.750 bits per heavy atom. The predicted molar refractivity (Wildman–Crippen MR) is 135 cm³/mol. The molecule has 0 bridgehead atoms. The lowest BCUT2D eigenvalue weighted by Gasteiger charge is -2.20. The van der Waals surface area contributed by atoms with Crippen molar-refractivity contribution < 1.29 is 10.0 Å². The predicted octanol–water partition coefficient (Wildman–Crippen LogP) is 2.72. The van der Waals surface area contributed by atoms with Crippen LogP contribution in [0.15, 0.2) is 50.8 Å². The lowest BCUT2D eigenvalue weighted by atomic mass is 9.83. The summed E-state index contributed by atoms with van der Waals surface area (Å²) in [5.74, 6) is -0.402. The Balaban J connectivity index is 1.97. The van der Waals surface area contributed by atoms with Crippen LogP contribution in [0.5, 0.6) is 5.88 Å². The van der Waals surface area contributed by atoms with Crippen LogP contribution < -0.4 is 22.0 Å². The van der Waals surface area contributed by atoms with Crippen LogP contribution in [0.25, 0.3) is 65.0 Å². The van der Waals surface area contributed by atoms with Crippen LogP contribution in [0.3, 0.4) is 0 Å². The quantitative estimate of drug-likeness (QED) is 0.160. The highest BCUT2D eigenvalue weighted by molar-refractivity contribution is 6.39. The zero-order valence-corrected chi connectivity index (χ0v) is 18.8. The van der Waals surface area contributed by atoms with Gasteiger partial charge in [0.25, 0.3) is 22.4 Å². The number of benzene rings is 5. The summed E-state index contributed by atoms with van der Waals surface area (Å²) in [6, 6.07) is 8.99. The summed E-state index contributed by atoms with van der Waals surface area (Å²) in [6.07, 6.45) is 0. The van der Waals surface area contributed by atoms with Crippen molar-refractivity contribution in [2.75, 3.05) is 0 Å². The van der Waals surface area contributed by atoms with Crippen LogP contribution in [0.4, 0.5) is 5.69 Å². The Kier molecular flexibility index (Phi) is 3.44. The molecule has 0 fully saturated rings. The highest BCUT2D eigenvalue weighted by Gasteiger charge is 2.29. The van der Waals surface area contributed by atoms with Gasteiger partial charge in [-0.1, -0.05) is 12.1 Å². The summed E-state index contributed by atoms with van der Waals surface area (Å²) in [5, 5.41) is 35.2. The number of pyridine rings is 2. The molecule has 1 aromatic heterocycles. The third-order valence-electron chi connectivity index (χ3n) is 7.44. The van der Waals surface area contributed by atoms with Crippen molar-refractivity contribution >= 4 is 59.5 Å². The van der Waals surface area contributed by atoms with Crippen molar-refractivity contribution in [3.05, 3.63) is 82.9 Å². The van der Waals surface area contributed by atoms with E-state index in [1.165, 1.54) is 32.3 Å². The van der Waals surface area contributed by atoms with Crippen molar-refractivity contribution in [3.63, 3.8) is 0 Å². The molecular weight excluding hydrogens is 464 g/mol. The molecule has 5 aromatic rings. The van der Waals surface area contributed by atoms with Crippen molar-refractivity contribution in [1.82, 2.24) is 9.13 Å². The monoisotopic (exact) mass is 478 g/mol. The molecular formula is C26H14N4O6. The fourth-order valence-electron chi connectivity index (χ4n) is 5.84. The molecule has 174 valence electrons. The maximum Gasteiger partial charge on any atom is 0.278 e. The van der Waals surface area contributed by atoms with Gasteiger partial charge >= 0.3 is 0 Å². The zero-order valence-electron chi connectivity index (χ0n) is 18.8. The molecule has 4 aromatic carbocycles. The molecule has 10 heteroatoms. The van der Waals surface area contributed by atoms with Crippen LogP contribution >= 0.6 is 0 Å². The summed E-state index contributed by atoms with van der Waals surface area (Å²) in [5.41, 5.74) is -1.28. The minimum Gasteiger partial charge on any atom is -0.494 e. The SMILES string of the molecule is Cn1c(O)c2cc([N+](=O)[O-])c3c4ccc5c6c4c(c(=N)cc-6c(=O)n(C)c5=O)c4ccc(c1=O)c2c43. The molecule has 0 spiro atoms. The summed E-state index contributed by atoms with van der Waals surface area (Å²) >= 11 is 0. The first-order chi connectivity index (χ1) is 17.1. The van der Waals surface area contributed by atoms with Gasteiger partial charge in [-0.3, -0.25) is 33.6 Å². The second-order valence-electron chi connectivity index (χ2n) is 9.10. The largest absolute Gasteiger partial charge is 0.494 e. The lowest BCUT2D eigenvalue weighted by molar-refractivity contribution is -0.382. The van der Waals surface area contributed by atoms with Crippen LogP contribution in [0.1, 0.15) is 0 Å². The summed E-state index contributed by atoms with van der Waals surface area (Å²) in [7, 11) is 2.76. The fraction of sp³-hybridized carbons (Fsp3) is 0.0769. The third-order valence-corrected chi connectivity index (χ3v) is 7.44. The minimum atomic E-state index is -0.558. The summed E-state index contributed by atoms with van der Waals surface area (Å²) in [4.78, 5) is 50.7. The van der Waals surface area contributed by atoms with Crippen LogP contribution in [-0.4, -0.2) is 19.2 Å². The highest BCUT2D eigenvalue weighted by atomic mass is 16.6. The van der Waals surface area contributed by atoms with Gasteiger partial charge in [0.2, 0.25) is 5.88 Å². The number of fused-ring (bicyclic) bond motifs is 2.